The number of hydrogen-bond acceptors (Lipinski definition) is 3. The highest BCUT2D eigenvalue weighted by atomic mass is 16.5. The molecule has 1 aromatic heterocycles. The zero-order valence-corrected chi connectivity index (χ0v) is 11.6. The first-order valence-corrected chi connectivity index (χ1v) is 6.95. The molecule has 1 aliphatic heterocycles. The van der Waals surface area contributed by atoms with Crippen LogP contribution in [0.3, 0.4) is 0 Å². The molecule has 0 spiro atoms. The molecule has 0 aliphatic carbocycles. The zero-order valence-electron chi connectivity index (χ0n) is 11.6. The molecule has 0 radical (unpaired) electrons. The molecular formula is C16H20N2O. The summed E-state index contributed by atoms with van der Waals surface area (Å²) in [6.07, 6.45) is 2.42. The number of likely N-dealkylation sites (tertiary alicyclic amines) is 1. The molecule has 19 heavy (non-hydrogen) atoms. The maximum Gasteiger partial charge on any atom is 0.133 e. The molecule has 3 rings (SSSR count). The van der Waals surface area contributed by atoms with Gasteiger partial charge in [0.1, 0.15) is 11.5 Å². The van der Waals surface area contributed by atoms with E-state index in [0.29, 0.717) is 6.04 Å². The van der Waals surface area contributed by atoms with Gasteiger partial charge in [0.05, 0.1) is 6.04 Å². The topological polar surface area (TPSA) is 29.3 Å². The van der Waals surface area contributed by atoms with Crippen LogP contribution < -0.4 is 0 Å². The van der Waals surface area contributed by atoms with E-state index in [-0.39, 0.29) is 0 Å². The number of nitrogens with zero attached hydrogens (tertiary/aromatic N) is 2. The highest BCUT2D eigenvalue weighted by Crippen LogP contribution is 2.32. The molecule has 3 nitrogen and oxygen atoms in total. The van der Waals surface area contributed by atoms with E-state index in [1.54, 1.807) is 0 Å². The van der Waals surface area contributed by atoms with Crippen molar-refractivity contribution in [2.45, 2.75) is 39.3 Å². The van der Waals surface area contributed by atoms with Crippen LogP contribution in [0.1, 0.15) is 41.5 Å². The second-order valence-electron chi connectivity index (χ2n) is 5.48. The maximum atomic E-state index is 5.21. The van der Waals surface area contributed by atoms with Gasteiger partial charge in [-0.1, -0.05) is 35.0 Å². The summed E-state index contributed by atoms with van der Waals surface area (Å²) in [5.74, 6) is 0.900. The molecule has 0 N–H and O–H groups in total. The number of hydrogen-bond donors (Lipinski definition) is 0. The molecular weight excluding hydrogens is 236 g/mol. The van der Waals surface area contributed by atoms with E-state index in [0.717, 1.165) is 24.5 Å². The van der Waals surface area contributed by atoms with Gasteiger partial charge in [-0.05, 0) is 38.8 Å². The normalized spacial score (nSPS) is 20.0. The standard InChI is InChI=1S/C16H20N2O/c1-12-5-7-14(8-6-12)11-18-9-3-4-16(18)15-10-13(2)19-17-15/h5-8,10,16H,3-4,9,11H2,1-2H3/t16-/m0/s1. The van der Waals surface area contributed by atoms with Gasteiger partial charge in [-0.15, -0.1) is 0 Å². The molecule has 1 fully saturated rings. The van der Waals surface area contributed by atoms with Gasteiger partial charge in [0.15, 0.2) is 0 Å². The zero-order chi connectivity index (χ0) is 13.2. The fraction of sp³-hybridized carbons (Fsp3) is 0.438. The molecule has 2 aromatic rings. The van der Waals surface area contributed by atoms with E-state index < -0.39 is 0 Å². The molecule has 0 bridgehead atoms. The smallest absolute Gasteiger partial charge is 0.133 e. The molecule has 1 atom stereocenters. The van der Waals surface area contributed by atoms with Crippen molar-refractivity contribution in [2.24, 2.45) is 0 Å². The summed E-state index contributed by atoms with van der Waals surface area (Å²) in [6.45, 7) is 6.22. The fourth-order valence-corrected chi connectivity index (χ4v) is 2.82. The van der Waals surface area contributed by atoms with E-state index >= 15 is 0 Å². The van der Waals surface area contributed by atoms with Crippen LogP contribution in [0.4, 0.5) is 0 Å². The minimum Gasteiger partial charge on any atom is -0.361 e. The predicted molar refractivity (Wildman–Crippen MR) is 74.8 cm³/mol. The van der Waals surface area contributed by atoms with Crippen molar-refractivity contribution in [3.8, 4) is 0 Å². The van der Waals surface area contributed by atoms with Crippen LogP contribution in [0.15, 0.2) is 34.9 Å². The van der Waals surface area contributed by atoms with Crippen LogP contribution >= 0.6 is 0 Å². The number of aryl methyl sites for hydroxylation is 2. The van der Waals surface area contributed by atoms with Crippen LogP contribution in [0.2, 0.25) is 0 Å². The lowest BCUT2D eigenvalue weighted by atomic mass is 10.1. The second kappa shape index (κ2) is 5.17. The molecule has 1 saturated heterocycles. The van der Waals surface area contributed by atoms with Gasteiger partial charge < -0.3 is 4.52 Å². The Morgan fingerprint density at radius 3 is 2.74 bits per heavy atom. The highest BCUT2D eigenvalue weighted by Gasteiger charge is 2.28. The Labute approximate surface area is 114 Å². The molecule has 3 heteroatoms. The van der Waals surface area contributed by atoms with E-state index in [4.69, 9.17) is 4.52 Å². The largest absolute Gasteiger partial charge is 0.361 e. The van der Waals surface area contributed by atoms with E-state index in [1.807, 2.05) is 6.92 Å². The SMILES string of the molecule is Cc1ccc(CN2CCC[C@H]2c2cc(C)on2)cc1. The van der Waals surface area contributed by atoms with Crippen LogP contribution in [-0.4, -0.2) is 16.6 Å². The number of benzene rings is 1. The molecule has 1 aromatic carbocycles. The van der Waals surface area contributed by atoms with Gasteiger partial charge in [-0.2, -0.15) is 0 Å². The van der Waals surface area contributed by atoms with E-state index in [9.17, 15) is 0 Å². The summed E-state index contributed by atoms with van der Waals surface area (Å²) in [5, 5.41) is 4.19. The Hall–Kier alpha value is -1.61. The minimum atomic E-state index is 0.416. The van der Waals surface area contributed by atoms with Crippen molar-refractivity contribution in [3.05, 3.63) is 52.9 Å². The van der Waals surface area contributed by atoms with Crippen molar-refractivity contribution in [1.29, 1.82) is 0 Å². The van der Waals surface area contributed by atoms with E-state index in [2.05, 4.69) is 47.3 Å². The third-order valence-electron chi connectivity index (χ3n) is 3.86. The minimum absolute atomic E-state index is 0.416. The lowest BCUT2D eigenvalue weighted by Crippen LogP contribution is -2.22. The number of aromatic nitrogens is 1. The first kappa shape index (κ1) is 12.4. The molecule has 0 unspecified atom stereocenters. The molecule has 0 saturated carbocycles. The lowest BCUT2D eigenvalue weighted by molar-refractivity contribution is 0.236. The summed E-state index contributed by atoms with van der Waals surface area (Å²) in [6, 6.07) is 11.3. The van der Waals surface area contributed by atoms with Gasteiger partial charge in [-0.3, -0.25) is 4.90 Å². The van der Waals surface area contributed by atoms with Crippen molar-refractivity contribution in [2.75, 3.05) is 6.54 Å². The second-order valence-corrected chi connectivity index (χ2v) is 5.48. The summed E-state index contributed by atoms with van der Waals surface area (Å²) in [4.78, 5) is 2.50. The summed E-state index contributed by atoms with van der Waals surface area (Å²) in [5.41, 5.74) is 3.77. The Bertz CT molecular complexity index is 544. The van der Waals surface area contributed by atoms with Crippen molar-refractivity contribution < 1.29 is 4.52 Å². The highest BCUT2D eigenvalue weighted by molar-refractivity contribution is 5.22. The van der Waals surface area contributed by atoms with Gasteiger partial charge in [0, 0.05) is 12.6 Å². The summed E-state index contributed by atoms with van der Waals surface area (Å²) >= 11 is 0. The first-order valence-electron chi connectivity index (χ1n) is 6.95. The van der Waals surface area contributed by atoms with Gasteiger partial charge in [0.25, 0.3) is 0 Å². The average molecular weight is 256 g/mol. The van der Waals surface area contributed by atoms with Crippen molar-refractivity contribution >= 4 is 0 Å². The molecule has 100 valence electrons. The Kier molecular flexibility index (Phi) is 3.38. The molecule has 2 heterocycles. The Morgan fingerprint density at radius 1 is 1.26 bits per heavy atom. The van der Waals surface area contributed by atoms with Crippen LogP contribution in [-0.2, 0) is 6.54 Å². The van der Waals surface area contributed by atoms with Crippen molar-refractivity contribution in [3.63, 3.8) is 0 Å². The summed E-state index contributed by atoms with van der Waals surface area (Å²) in [7, 11) is 0. The third kappa shape index (κ3) is 2.71. The lowest BCUT2D eigenvalue weighted by Gasteiger charge is -2.22. The Balaban J connectivity index is 1.74. The molecule has 0 amide bonds. The van der Waals surface area contributed by atoms with Gasteiger partial charge >= 0.3 is 0 Å². The quantitative estimate of drug-likeness (QED) is 0.839. The predicted octanol–water partition coefficient (Wildman–Crippen LogP) is 3.63. The van der Waals surface area contributed by atoms with Crippen LogP contribution in [0.25, 0.3) is 0 Å². The fourth-order valence-electron chi connectivity index (χ4n) is 2.82. The monoisotopic (exact) mass is 256 g/mol. The van der Waals surface area contributed by atoms with Gasteiger partial charge in [0.2, 0.25) is 0 Å². The maximum absolute atomic E-state index is 5.21. The third-order valence-corrected chi connectivity index (χ3v) is 3.86. The average Bonchev–Trinajstić information content (AvgIpc) is 3.01. The van der Waals surface area contributed by atoms with Crippen LogP contribution in [0, 0.1) is 13.8 Å². The molecule has 1 aliphatic rings. The Morgan fingerprint density at radius 2 is 2.05 bits per heavy atom. The van der Waals surface area contributed by atoms with Crippen molar-refractivity contribution in [1.82, 2.24) is 10.1 Å². The van der Waals surface area contributed by atoms with E-state index in [1.165, 1.54) is 24.0 Å². The van der Waals surface area contributed by atoms with Gasteiger partial charge in [-0.25, -0.2) is 0 Å². The number of rotatable bonds is 3. The van der Waals surface area contributed by atoms with Crippen LogP contribution in [0.5, 0.6) is 0 Å². The first-order chi connectivity index (χ1) is 9.22. The summed E-state index contributed by atoms with van der Waals surface area (Å²) < 4.78 is 5.21.